The minimum Gasteiger partial charge on any atom is -0.314 e. The van der Waals surface area contributed by atoms with Crippen molar-refractivity contribution in [2.45, 2.75) is 58.0 Å². The van der Waals surface area contributed by atoms with Crippen molar-refractivity contribution in [1.82, 2.24) is 10.0 Å². The van der Waals surface area contributed by atoms with Gasteiger partial charge in [-0.1, -0.05) is 13.8 Å². The molecule has 2 aliphatic rings. The van der Waals surface area contributed by atoms with E-state index < -0.39 is 10.0 Å². The molecule has 0 heterocycles. The number of sulfonamides is 1. The van der Waals surface area contributed by atoms with Crippen molar-refractivity contribution in [2.75, 3.05) is 12.3 Å². The summed E-state index contributed by atoms with van der Waals surface area (Å²) >= 11 is 0. The largest absolute Gasteiger partial charge is 0.314 e. The molecule has 0 aromatic heterocycles. The van der Waals surface area contributed by atoms with E-state index in [1.165, 1.54) is 25.7 Å². The molecule has 4 nitrogen and oxygen atoms in total. The Balaban J connectivity index is 1.72. The zero-order valence-electron chi connectivity index (χ0n) is 11.5. The van der Waals surface area contributed by atoms with E-state index in [1.807, 2.05) is 0 Å². The van der Waals surface area contributed by atoms with Crippen molar-refractivity contribution < 1.29 is 8.42 Å². The molecular weight excluding hydrogens is 248 g/mol. The second kappa shape index (κ2) is 5.88. The molecule has 2 fully saturated rings. The van der Waals surface area contributed by atoms with Crippen molar-refractivity contribution in [2.24, 2.45) is 11.8 Å². The molecule has 0 bridgehead atoms. The van der Waals surface area contributed by atoms with Crippen LogP contribution in [-0.4, -0.2) is 32.8 Å². The molecule has 0 saturated heterocycles. The third-order valence-corrected chi connectivity index (χ3v) is 5.18. The lowest BCUT2D eigenvalue weighted by Gasteiger charge is -2.17. The highest BCUT2D eigenvalue weighted by molar-refractivity contribution is 7.89. The van der Waals surface area contributed by atoms with Gasteiger partial charge in [-0.15, -0.1) is 0 Å². The van der Waals surface area contributed by atoms with Crippen molar-refractivity contribution in [1.29, 1.82) is 0 Å². The summed E-state index contributed by atoms with van der Waals surface area (Å²) in [6.07, 6.45) is 5.52. The van der Waals surface area contributed by atoms with E-state index in [2.05, 4.69) is 23.9 Å². The van der Waals surface area contributed by atoms with E-state index in [0.29, 0.717) is 24.3 Å². The Hall–Kier alpha value is -0.130. The maximum atomic E-state index is 12.0. The molecule has 18 heavy (non-hydrogen) atoms. The fourth-order valence-corrected chi connectivity index (χ4v) is 3.85. The summed E-state index contributed by atoms with van der Waals surface area (Å²) in [4.78, 5) is 0. The van der Waals surface area contributed by atoms with Crippen molar-refractivity contribution in [3.63, 3.8) is 0 Å². The maximum absolute atomic E-state index is 12.0. The van der Waals surface area contributed by atoms with Crippen LogP contribution < -0.4 is 10.0 Å². The third-order valence-electron chi connectivity index (χ3n) is 3.72. The molecule has 2 N–H and O–H groups in total. The Morgan fingerprint density at radius 1 is 1.11 bits per heavy atom. The van der Waals surface area contributed by atoms with E-state index in [-0.39, 0.29) is 11.8 Å². The molecule has 0 unspecified atom stereocenters. The molecule has 5 heteroatoms. The summed E-state index contributed by atoms with van der Waals surface area (Å²) in [5.74, 6) is 1.50. The van der Waals surface area contributed by atoms with Crippen LogP contribution in [0, 0.1) is 11.8 Å². The number of rotatable bonds is 9. The second-order valence-corrected chi connectivity index (χ2v) is 7.97. The first-order valence-electron chi connectivity index (χ1n) is 7.21. The lowest BCUT2D eigenvalue weighted by Crippen LogP contribution is -2.40. The lowest BCUT2D eigenvalue weighted by molar-refractivity contribution is 0.470. The molecule has 106 valence electrons. The average molecular weight is 274 g/mol. The lowest BCUT2D eigenvalue weighted by atomic mass is 10.1. The van der Waals surface area contributed by atoms with Gasteiger partial charge in [0, 0.05) is 12.1 Å². The molecule has 0 aliphatic heterocycles. The molecule has 0 spiro atoms. The number of nitrogens with one attached hydrogen (secondary N) is 2. The van der Waals surface area contributed by atoms with Gasteiger partial charge in [0.2, 0.25) is 10.0 Å². The number of hydrogen-bond donors (Lipinski definition) is 2. The Morgan fingerprint density at radius 3 is 2.11 bits per heavy atom. The van der Waals surface area contributed by atoms with Gasteiger partial charge in [0.25, 0.3) is 0 Å². The first kappa shape index (κ1) is 14.3. The highest BCUT2D eigenvalue weighted by Gasteiger charge is 2.43. The van der Waals surface area contributed by atoms with Crippen molar-refractivity contribution in [3.8, 4) is 0 Å². The van der Waals surface area contributed by atoms with Crippen LogP contribution in [0.3, 0.4) is 0 Å². The molecule has 0 aromatic carbocycles. The van der Waals surface area contributed by atoms with Crippen LogP contribution in [0.5, 0.6) is 0 Å². The van der Waals surface area contributed by atoms with Crippen molar-refractivity contribution in [3.05, 3.63) is 0 Å². The molecule has 0 aromatic rings. The normalized spacial score (nSPS) is 20.9. The van der Waals surface area contributed by atoms with Gasteiger partial charge in [-0.3, -0.25) is 0 Å². The van der Waals surface area contributed by atoms with Gasteiger partial charge in [-0.2, -0.15) is 0 Å². The summed E-state index contributed by atoms with van der Waals surface area (Å²) in [7, 11) is -3.08. The van der Waals surface area contributed by atoms with Crippen LogP contribution in [0.2, 0.25) is 0 Å². The highest BCUT2D eigenvalue weighted by Crippen LogP contribution is 2.44. The number of hydrogen-bond acceptors (Lipinski definition) is 3. The van der Waals surface area contributed by atoms with Gasteiger partial charge in [-0.05, 0) is 50.5 Å². The standard InChI is InChI=1S/C13H26N2O2S/c1-10(2)14-8-3-9-18(16,17)15-13(11-4-5-11)12-6-7-12/h10-15H,3-9H2,1-2H3. The topological polar surface area (TPSA) is 58.2 Å². The Kier molecular flexibility index (Phi) is 4.67. The minimum atomic E-state index is -3.08. The monoisotopic (exact) mass is 274 g/mol. The van der Waals surface area contributed by atoms with Crippen LogP contribution >= 0.6 is 0 Å². The summed E-state index contributed by atoms with van der Waals surface area (Å²) in [5.41, 5.74) is 0. The van der Waals surface area contributed by atoms with E-state index in [1.54, 1.807) is 0 Å². The summed E-state index contributed by atoms with van der Waals surface area (Å²) < 4.78 is 27.0. The molecule has 0 atom stereocenters. The zero-order valence-corrected chi connectivity index (χ0v) is 12.3. The fourth-order valence-electron chi connectivity index (χ4n) is 2.41. The molecule has 2 saturated carbocycles. The predicted molar refractivity (Wildman–Crippen MR) is 73.9 cm³/mol. The predicted octanol–water partition coefficient (Wildman–Crippen LogP) is 1.48. The van der Waals surface area contributed by atoms with E-state index in [0.717, 1.165) is 6.54 Å². The summed E-state index contributed by atoms with van der Waals surface area (Å²) in [6.45, 7) is 4.92. The van der Waals surface area contributed by atoms with Crippen LogP contribution in [-0.2, 0) is 10.0 Å². The van der Waals surface area contributed by atoms with Crippen LogP contribution in [0.1, 0.15) is 46.0 Å². The van der Waals surface area contributed by atoms with E-state index in [4.69, 9.17) is 0 Å². The summed E-state index contributed by atoms with van der Waals surface area (Å²) in [5, 5.41) is 3.25. The van der Waals surface area contributed by atoms with Crippen LogP contribution in [0.4, 0.5) is 0 Å². The molecular formula is C13H26N2O2S. The van der Waals surface area contributed by atoms with E-state index >= 15 is 0 Å². The zero-order chi connectivity index (χ0) is 13.2. The average Bonchev–Trinajstić information content (AvgIpc) is 3.15. The molecule has 0 amide bonds. The SMILES string of the molecule is CC(C)NCCCS(=O)(=O)NC(C1CC1)C1CC1. The third kappa shape index (κ3) is 4.86. The summed E-state index contributed by atoms with van der Waals surface area (Å²) in [6, 6.07) is 0.666. The van der Waals surface area contributed by atoms with Crippen LogP contribution in [0.25, 0.3) is 0 Å². The van der Waals surface area contributed by atoms with Crippen LogP contribution in [0.15, 0.2) is 0 Å². The van der Waals surface area contributed by atoms with Gasteiger partial charge in [-0.25, -0.2) is 13.1 Å². The first-order valence-corrected chi connectivity index (χ1v) is 8.86. The molecule has 0 radical (unpaired) electrons. The Morgan fingerprint density at radius 2 is 1.67 bits per heavy atom. The van der Waals surface area contributed by atoms with E-state index in [9.17, 15) is 8.42 Å². The van der Waals surface area contributed by atoms with Gasteiger partial charge < -0.3 is 5.32 Å². The minimum absolute atomic E-state index is 0.244. The molecule has 2 aliphatic carbocycles. The Bertz CT molecular complexity index is 347. The van der Waals surface area contributed by atoms with Gasteiger partial charge in [0.15, 0.2) is 0 Å². The van der Waals surface area contributed by atoms with Gasteiger partial charge >= 0.3 is 0 Å². The maximum Gasteiger partial charge on any atom is 0.211 e. The second-order valence-electron chi connectivity index (χ2n) is 6.10. The fraction of sp³-hybridized carbons (Fsp3) is 1.00. The smallest absolute Gasteiger partial charge is 0.211 e. The molecule has 2 rings (SSSR count). The first-order chi connectivity index (χ1) is 8.48. The highest BCUT2D eigenvalue weighted by atomic mass is 32.2. The quantitative estimate of drug-likeness (QED) is 0.626. The Labute approximate surface area is 111 Å². The van der Waals surface area contributed by atoms with Gasteiger partial charge in [0.1, 0.15) is 0 Å². The van der Waals surface area contributed by atoms with Crippen molar-refractivity contribution >= 4 is 10.0 Å². The van der Waals surface area contributed by atoms with Gasteiger partial charge in [0.05, 0.1) is 5.75 Å².